The van der Waals surface area contributed by atoms with E-state index in [1.165, 1.54) is 10.4 Å². The SMILES string of the molecule is C=O.CNC=O.Cc1ccsc1C. The monoisotopic (exact) mass is 201 g/mol. The predicted molar refractivity (Wildman–Crippen MR) is 56.0 cm³/mol. The second-order valence-corrected chi connectivity index (χ2v) is 3.19. The lowest BCUT2D eigenvalue weighted by Gasteiger charge is -1.79. The Morgan fingerprint density at radius 2 is 1.92 bits per heavy atom. The number of hydrogen-bond acceptors (Lipinski definition) is 3. The lowest BCUT2D eigenvalue weighted by Crippen LogP contribution is -1.98. The van der Waals surface area contributed by atoms with Gasteiger partial charge in [0.25, 0.3) is 0 Å². The molecule has 0 radical (unpaired) electrons. The van der Waals surface area contributed by atoms with E-state index in [-0.39, 0.29) is 0 Å². The fourth-order valence-electron chi connectivity index (χ4n) is 0.448. The first-order valence-corrected chi connectivity index (χ1v) is 4.50. The van der Waals surface area contributed by atoms with Crippen molar-refractivity contribution in [2.75, 3.05) is 7.05 Å². The molecule has 0 aliphatic carbocycles. The summed E-state index contributed by atoms with van der Waals surface area (Å²) in [6.07, 6.45) is 0.625. The molecule has 0 saturated carbocycles. The Bertz CT molecular complexity index is 207. The van der Waals surface area contributed by atoms with E-state index in [1.807, 2.05) is 6.79 Å². The van der Waals surface area contributed by atoms with Crippen LogP contribution < -0.4 is 5.32 Å². The summed E-state index contributed by atoms with van der Waals surface area (Å²) >= 11 is 1.80. The lowest BCUT2D eigenvalue weighted by molar-refractivity contribution is -0.109. The van der Waals surface area contributed by atoms with E-state index in [0.29, 0.717) is 6.41 Å². The first-order chi connectivity index (χ1) is 6.22. The topological polar surface area (TPSA) is 46.2 Å². The van der Waals surface area contributed by atoms with Crippen molar-refractivity contribution in [2.45, 2.75) is 13.8 Å². The Morgan fingerprint density at radius 1 is 1.46 bits per heavy atom. The van der Waals surface area contributed by atoms with Gasteiger partial charge in [0.05, 0.1) is 0 Å². The smallest absolute Gasteiger partial charge is 0.206 e. The van der Waals surface area contributed by atoms with E-state index in [4.69, 9.17) is 9.59 Å². The van der Waals surface area contributed by atoms with E-state index in [2.05, 4.69) is 30.6 Å². The van der Waals surface area contributed by atoms with Crippen molar-refractivity contribution in [1.29, 1.82) is 0 Å². The zero-order valence-electron chi connectivity index (χ0n) is 8.16. The number of rotatable bonds is 1. The van der Waals surface area contributed by atoms with Crippen LogP contribution in [-0.2, 0) is 9.59 Å². The maximum atomic E-state index is 9.06. The summed E-state index contributed by atoms with van der Waals surface area (Å²) in [5, 5.41) is 4.37. The van der Waals surface area contributed by atoms with Crippen molar-refractivity contribution in [1.82, 2.24) is 5.32 Å². The number of carbonyl (C=O) groups is 2. The Morgan fingerprint density at radius 3 is 2.00 bits per heavy atom. The van der Waals surface area contributed by atoms with E-state index in [1.54, 1.807) is 18.4 Å². The molecule has 0 fully saturated rings. The molecule has 0 atom stereocenters. The summed E-state index contributed by atoms with van der Waals surface area (Å²) in [5.41, 5.74) is 1.41. The minimum Gasteiger partial charge on any atom is -0.362 e. The summed E-state index contributed by atoms with van der Waals surface area (Å²) in [6.45, 7) is 6.27. The third kappa shape index (κ3) is 8.75. The average molecular weight is 201 g/mol. The molecule has 0 spiro atoms. The van der Waals surface area contributed by atoms with Gasteiger partial charge in [-0.15, -0.1) is 11.3 Å². The molecule has 0 aromatic carbocycles. The van der Waals surface area contributed by atoms with E-state index >= 15 is 0 Å². The van der Waals surface area contributed by atoms with Gasteiger partial charge in [-0.2, -0.15) is 0 Å². The maximum Gasteiger partial charge on any atom is 0.206 e. The number of aryl methyl sites for hydroxylation is 2. The number of thiophene rings is 1. The lowest BCUT2D eigenvalue weighted by atomic mass is 10.3. The number of amides is 1. The van der Waals surface area contributed by atoms with Crippen LogP contribution in [0.25, 0.3) is 0 Å². The van der Waals surface area contributed by atoms with E-state index < -0.39 is 0 Å². The molecule has 0 aliphatic heterocycles. The Balaban J connectivity index is 0. The van der Waals surface area contributed by atoms with Crippen molar-refractivity contribution in [3.63, 3.8) is 0 Å². The zero-order chi connectivity index (χ0) is 10.7. The Hall–Kier alpha value is -1.16. The van der Waals surface area contributed by atoms with E-state index in [0.717, 1.165) is 0 Å². The molecular formula is C9H15NO2S. The Labute approximate surface area is 82.8 Å². The molecule has 13 heavy (non-hydrogen) atoms. The highest BCUT2D eigenvalue weighted by Crippen LogP contribution is 2.12. The van der Waals surface area contributed by atoms with Crippen LogP contribution >= 0.6 is 11.3 Å². The first kappa shape index (κ1) is 14.4. The van der Waals surface area contributed by atoms with Crippen LogP contribution in [0.15, 0.2) is 11.4 Å². The molecule has 0 aliphatic rings. The van der Waals surface area contributed by atoms with Crippen LogP contribution in [0, 0.1) is 13.8 Å². The van der Waals surface area contributed by atoms with Gasteiger partial charge in [-0.05, 0) is 30.9 Å². The highest BCUT2D eigenvalue weighted by molar-refractivity contribution is 7.10. The standard InChI is InChI=1S/C6H8S.C2H5NO.CH2O/c1-5-3-4-7-6(5)2;1-3-2-4;1-2/h3-4H,1-2H3;2H,1H3,(H,3,4);1H2. The van der Waals surface area contributed by atoms with Crippen LogP contribution in [-0.4, -0.2) is 20.2 Å². The molecule has 1 aromatic heterocycles. The maximum absolute atomic E-state index is 9.06. The summed E-state index contributed by atoms with van der Waals surface area (Å²) in [4.78, 5) is 18.5. The molecule has 4 heteroatoms. The highest BCUT2D eigenvalue weighted by atomic mass is 32.1. The van der Waals surface area contributed by atoms with Gasteiger partial charge in [-0.1, -0.05) is 0 Å². The van der Waals surface area contributed by atoms with Gasteiger partial charge >= 0.3 is 0 Å². The van der Waals surface area contributed by atoms with Crippen molar-refractivity contribution < 1.29 is 9.59 Å². The first-order valence-electron chi connectivity index (χ1n) is 3.62. The van der Waals surface area contributed by atoms with Crippen molar-refractivity contribution in [3.05, 3.63) is 21.9 Å². The molecule has 1 heterocycles. The van der Waals surface area contributed by atoms with Crippen LogP contribution in [0.4, 0.5) is 0 Å². The molecular weight excluding hydrogens is 186 g/mol. The minimum atomic E-state index is 0.625. The molecule has 1 rings (SSSR count). The number of hydrogen-bond donors (Lipinski definition) is 1. The zero-order valence-corrected chi connectivity index (χ0v) is 8.98. The quantitative estimate of drug-likeness (QED) is 0.701. The summed E-state index contributed by atoms with van der Waals surface area (Å²) in [6, 6.07) is 2.14. The van der Waals surface area contributed by atoms with E-state index in [9.17, 15) is 0 Å². The molecule has 0 unspecified atom stereocenters. The summed E-state index contributed by atoms with van der Waals surface area (Å²) in [7, 11) is 1.56. The molecule has 0 bridgehead atoms. The van der Waals surface area contributed by atoms with Crippen LogP contribution in [0.5, 0.6) is 0 Å². The molecule has 1 amide bonds. The van der Waals surface area contributed by atoms with Crippen molar-refractivity contribution in [3.8, 4) is 0 Å². The van der Waals surface area contributed by atoms with Gasteiger partial charge in [0, 0.05) is 11.9 Å². The van der Waals surface area contributed by atoms with Crippen LogP contribution in [0.1, 0.15) is 10.4 Å². The second kappa shape index (κ2) is 10.8. The molecule has 1 N–H and O–H groups in total. The van der Waals surface area contributed by atoms with Crippen molar-refractivity contribution in [2.24, 2.45) is 0 Å². The highest BCUT2D eigenvalue weighted by Gasteiger charge is 1.87. The molecule has 3 nitrogen and oxygen atoms in total. The number of nitrogens with one attached hydrogen (secondary N) is 1. The normalized spacial score (nSPS) is 7.00. The molecule has 1 aromatic rings. The Kier molecular flexibility index (Phi) is 12.0. The summed E-state index contributed by atoms with van der Waals surface area (Å²) < 4.78 is 0. The third-order valence-electron chi connectivity index (χ3n) is 1.24. The largest absolute Gasteiger partial charge is 0.362 e. The van der Waals surface area contributed by atoms with Gasteiger partial charge < -0.3 is 10.1 Å². The van der Waals surface area contributed by atoms with Gasteiger partial charge in [-0.25, -0.2) is 0 Å². The second-order valence-electron chi connectivity index (χ2n) is 2.07. The van der Waals surface area contributed by atoms with Crippen LogP contribution in [0.3, 0.4) is 0 Å². The van der Waals surface area contributed by atoms with Crippen LogP contribution in [0.2, 0.25) is 0 Å². The molecule has 74 valence electrons. The van der Waals surface area contributed by atoms with Gasteiger partial charge in [-0.3, -0.25) is 4.79 Å². The number of carbonyl (C=O) groups excluding carboxylic acids is 2. The fraction of sp³-hybridized carbons (Fsp3) is 0.333. The van der Waals surface area contributed by atoms with Gasteiger partial charge in [0.1, 0.15) is 6.79 Å². The van der Waals surface area contributed by atoms with Gasteiger partial charge in [0.2, 0.25) is 6.41 Å². The van der Waals surface area contributed by atoms with Gasteiger partial charge in [0.15, 0.2) is 0 Å². The summed E-state index contributed by atoms with van der Waals surface area (Å²) in [5.74, 6) is 0. The predicted octanol–water partition coefficient (Wildman–Crippen LogP) is 1.54. The average Bonchev–Trinajstić information content (AvgIpc) is 2.55. The van der Waals surface area contributed by atoms with Crippen molar-refractivity contribution >= 4 is 24.5 Å². The fourth-order valence-corrected chi connectivity index (χ4v) is 1.18. The minimum absolute atomic E-state index is 0.625. The molecule has 0 saturated heterocycles. The third-order valence-corrected chi connectivity index (χ3v) is 2.18.